The van der Waals surface area contributed by atoms with Crippen LogP contribution < -0.4 is 4.72 Å². The molecule has 0 spiro atoms. The number of carbonyl (C=O) groups excluding carboxylic acids is 1. The molecule has 1 N–H and O–H groups in total. The number of hydrogen-bond donors (Lipinski definition) is 1. The molecular weight excluding hydrogens is 427 g/mol. The van der Waals surface area contributed by atoms with Gasteiger partial charge in [0.05, 0.1) is 16.7 Å². The molecule has 10 heteroatoms. The number of ether oxygens (including phenoxy) is 2. The topological polar surface area (TPSA) is 94.6 Å². The van der Waals surface area contributed by atoms with Crippen LogP contribution in [0.1, 0.15) is 28.8 Å². The molecule has 1 aliphatic heterocycles. The van der Waals surface area contributed by atoms with Crippen molar-refractivity contribution in [3.63, 3.8) is 0 Å². The molecule has 2 heterocycles. The van der Waals surface area contributed by atoms with Crippen LogP contribution in [-0.2, 0) is 26.1 Å². The Labute approximate surface area is 173 Å². The van der Waals surface area contributed by atoms with Gasteiger partial charge in [0, 0.05) is 24.9 Å². The Kier molecular flexibility index (Phi) is 6.90. The van der Waals surface area contributed by atoms with Crippen LogP contribution in [0.3, 0.4) is 0 Å². The summed E-state index contributed by atoms with van der Waals surface area (Å²) >= 11 is 11.8. The van der Waals surface area contributed by atoms with Crippen molar-refractivity contribution >= 4 is 39.2 Å². The summed E-state index contributed by atoms with van der Waals surface area (Å²) in [6.45, 7) is 0.750. The first-order chi connectivity index (χ1) is 13.3. The molecular formula is C18H18Cl2N2O5S. The first-order valence-electron chi connectivity index (χ1n) is 8.53. The van der Waals surface area contributed by atoms with E-state index in [0.29, 0.717) is 17.3 Å². The Hall–Kier alpha value is -1.71. The van der Waals surface area contributed by atoms with Crippen molar-refractivity contribution in [3.8, 4) is 0 Å². The second-order valence-corrected chi connectivity index (χ2v) is 8.73. The van der Waals surface area contributed by atoms with Gasteiger partial charge in [-0.3, -0.25) is 0 Å². The van der Waals surface area contributed by atoms with Crippen molar-refractivity contribution in [2.24, 2.45) is 0 Å². The van der Waals surface area contributed by atoms with E-state index in [4.69, 9.17) is 32.7 Å². The minimum atomic E-state index is -3.90. The molecule has 7 nitrogen and oxygen atoms in total. The average molecular weight is 445 g/mol. The van der Waals surface area contributed by atoms with Gasteiger partial charge in [0.15, 0.2) is 0 Å². The van der Waals surface area contributed by atoms with Crippen LogP contribution in [0.2, 0.25) is 10.2 Å². The first kappa shape index (κ1) is 21.0. The number of nitrogens with one attached hydrogen (secondary N) is 1. The van der Waals surface area contributed by atoms with E-state index in [-0.39, 0.29) is 34.7 Å². The van der Waals surface area contributed by atoms with Gasteiger partial charge < -0.3 is 9.47 Å². The summed E-state index contributed by atoms with van der Waals surface area (Å²) in [5.74, 6) is -0.679. The number of esters is 1. The Morgan fingerprint density at radius 2 is 2.11 bits per heavy atom. The van der Waals surface area contributed by atoms with Crippen molar-refractivity contribution in [2.75, 3.05) is 13.2 Å². The molecule has 0 bridgehead atoms. The van der Waals surface area contributed by atoms with Crippen LogP contribution in [0.4, 0.5) is 0 Å². The van der Waals surface area contributed by atoms with Crippen LogP contribution in [-0.4, -0.2) is 38.6 Å². The van der Waals surface area contributed by atoms with Gasteiger partial charge in [-0.1, -0.05) is 29.3 Å². The molecule has 1 fully saturated rings. The zero-order valence-corrected chi connectivity index (χ0v) is 17.1. The average Bonchev–Trinajstić information content (AvgIpc) is 3.20. The van der Waals surface area contributed by atoms with Crippen molar-refractivity contribution < 1.29 is 22.7 Å². The fourth-order valence-electron chi connectivity index (χ4n) is 2.65. The normalized spacial score (nSPS) is 16.9. The molecule has 150 valence electrons. The molecule has 3 rings (SSSR count). The molecule has 0 amide bonds. The predicted molar refractivity (Wildman–Crippen MR) is 104 cm³/mol. The highest BCUT2D eigenvalue weighted by Gasteiger charge is 2.23. The number of halogens is 2. The maximum atomic E-state index is 12.6. The summed E-state index contributed by atoms with van der Waals surface area (Å²) in [6.07, 6.45) is 3.03. The highest BCUT2D eigenvalue weighted by Crippen LogP contribution is 2.24. The Bertz CT molecular complexity index is 945. The first-order valence-corrected chi connectivity index (χ1v) is 10.8. The van der Waals surface area contributed by atoms with Gasteiger partial charge in [0.25, 0.3) is 0 Å². The van der Waals surface area contributed by atoms with Crippen molar-refractivity contribution in [3.05, 3.63) is 57.8 Å². The molecule has 0 saturated carbocycles. The van der Waals surface area contributed by atoms with Crippen LogP contribution >= 0.6 is 23.2 Å². The maximum Gasteiger partial charge on any atom is 0.338 e. The summed E-state index contributed by atoms with van der Waals surface area (Å²) in [5.41, 5.74) is 0.724. The van der Waals surface area contributed by atoms with Crippen LogP contribution in [0.15, 0.2) is 41.4 Å². The number of carbonyl (C=O) groups is 1. The largest absolute Gasteiger partial charge is 0.457 e. The summed E-state index contributed by atoms with van der Waals surface area (Å²) in [4.78, 5) is 16.0. The number of sulfonamides is 1. The number of rotatable bonds is 7. The SMILES string of the molecule is O=C(OCc1ccc(Cl)nc1)c1ccc(Cl)c(S(=O)(=O)NCC2CCCO2)c1. The summed E-state index contributed by atoms with van der Waals surface area (Å²) < 4.78 is 38.2. The lowest BCUT2D eigenvalue weighted by atomic mass is 10.2. The number of pyridine rings is 1. The fraction of sp³-hybridized carbons (Fsp3) is 0.333. The quantitative estimate of drug-likeness (QED) is 0.520. The van der Waals surface area contributed by atoms with E-state index >= 15 is 0 Å². The third kappa shape index (κ3) is 5.42. The van der Waals surface area contributed by atoms with Gasteiger partial charge in [-0.05, 0) is 37.1 Å². The second-order valence-electron chi connectivity index (χ2n) is 6.20. The number of aromatic nitrogens is 1. The van der Waals surface area contributed by atoms with E-state index in [2.05, 4.69) is 9.71 Å². The molecule has 1 unspecified atom stereocenters. The lowest BCUT2D eigenvalue weighted by Crippen LogP contribution is -2.32. The van der Waals surface area contributed by atoms with E-state index in [9.17, 15) is 13.2 Å². The number of benzene rings is 1. The van der Waals surface area contributed by atoms with Crippen LogP contribution in [0.5, 0.6) is 0 Å². The monoisotopic (exact) mass is 444 g/mol. The van der Waals surface area contributed by atoms with E-state index in [1.165, 1.54) is 24.4 Å². The molecule has 0 radical (unpaired) electrons. The molecule has 1 aliphatic rings. The standard InChI is InChI=1S/C18H18Cl2N2O5S/c19-15-5-4-13(18(23)27-11-12-3-6-17(20)21-9-12)8-16(15)28(24,25)22-10-14-2-1-7-26-14/h3-6,8-9,14,22H,1-2,7,10-11H2. The van der Waals surface area contributed by atoms with Gasteiger partial charge in [-0.2, -0.15) is 0 Å². The molecule has 1 aromatic carbocycles. The van der Waals surface area contributed by atoms with Gasteiger partial charge >= 0.3 is 5.97 Å². The van der Waals surface area contributed by atoms with Crippen molar-refractivity contribution in [1.82, 2.24) is 9.71 Å². The van der Waals surface area contributed by atoms with Gasteiger partial charge in [0.1, 0.15) is 16.7 Å². The maximum absolute atomic E-state index is 12.6. The molecule has 0 aliphatic carbocycles. The zero-order valence-electron chi connectivity index (χ0n) is 14.7. The van der Waals surface area contributed by atoms with Crippen LogP contribution in [0, 0.1) is 0 Å². The second kappa shape index (κ2) is 9.19. The zero-order chi connectivity index (χ0) is 20.1. The minimum absolute atomic E-state index is 0.0123. The van der Waals surface area contributed by atoms with Gasteiger partial charge in [-0.15, -0.1) is 0 Å². The lowest BCUT2D eigenvalue weighted by molar-refractivity contribution is 0.0472. The Morgan fingerprint density at radius 3 is 2.79 bits per heavy atom. The van der Waals surface area contributed by atoms with E-state index in [0.717, 1.165) is 12.8 Å². The number of nitrogens with zero attached hydrogens (tertiary/aromatic N) is 1. The third-order valence-corrected chi connectivity index (χ3v) is 6.27. The summed E-state index contributed by atoms with van der Waals surface area (Å²) in [5, 5.41) is 0.344. The fourth-order valence-corrected chi connectivity index (χ4v) is 4.35. The van der Waals surface area contributed by atoms with Gasteiger partial charge in [-0.25, -0.2) is 22.9 Å². The van der Waals surface area contributed by atoms with Crippen LogP contribution in [0.25, 0.3) is 0 Å². The van der Waals surface area contributed by atoms with Gasteiger partial charge in [0.2, 0.25) is 10.0 Å². The lowest BCUT2D eigenvalue weighted by Gasteiger charge is -2.13. The molecule has 28 heavy (non-hydrogen) atoms. The summed E-state index contributed by atoms with van der Waals surface area (Å²) in [6, 6.07) is 7.21. The highest BCUT2D eigenvalue weighted by molar-refractivity contribution is 7.89. The van der Waals surface area contributed by atoms with E-state index in [1.807, 2.05) is 0 Å². The molecule has 2 aromatic rings. The summed E-state index contributed by atoms with van der Waals surface area (Å²) in [7, 11) is -3.90. The Morgan fingerprint density at radius 1 is 1.29 bits per heavy atom. The highest BCUT2D eigenvalue weighted by atomic mass is 35.5. The Balaban J connectivity index is 1.68. The third-order valence-electron chi connectivity index (χ3n) is 4.14. The molecule has 1 aromatic heterocycles. The van der Waals surface area contributed by atoms with Crippen molar-refractivity contribution in [2.45, 2.75) is 30.4 Å². The van der Waals surface area contributed by atoms with Crippen molar-refractivity contribution in [1.29, 1.82) is 0 Å². The van der Waals surface area contributed by atoms with E-state index in [1.54, 1.807) is 12.1 Å². The molecule has 1 saturated heterocycles. The smallest absolute Gasteiger partial charge is 0.338 e. The number of hydrogen-bond acceptors (Lipinski definition) is 6. The minimum Gasteiger partial charge on any atom is -0.457 e. The van der Waals surface area contributed by atoms with E-state index < -0.39 is 16.0 Å². The molecule has 1 atom stereocenters. The predicted octanol–water partition coefficient (Wildman–Crippen LogP) is 3.20.